The molecule has 0 aliphatic carbocycles. The van der Waals surface area contributed by atoms with E-state index in [-0.39, 0.29) is 12.5 Å². The highest BCUT2D eigenvalue weighted by Gasteiger charge is 2.24. The minimum absolute atomic E-state index is 0.291. The number of fused-ring (bicyclic) bond motifs is 1. The second kappa shape index (κ2) is 4.22. The Hall–Kier alpha value is -2.04. The van der Waals surface area contributed by atoms with E-state index in [4.69, 9.17) is 9.84 Å². The van der Waals surface area contributed by atoms with E-state index in [1.807, 2.05) is 0 Å². The second-order valence-corrected chi connectivity index (χ2v) is 3.47. The van der Waals surface area contributed by atoms with Crippen LogP contribution in [0.1, 0.15) is 10.4 Å². The van der Waals surface area contributed by atoms with Crippen LogP contribution in [0.4, 0.5) is 0 Å². The number of carboxylic acid groups (broad SMARTS) is 1. The molecule has 0 aromatic heterocycles. The molecule has 16 heavy (non-hydrogen) atoms. The molecular weight excluding hydrogens is 210 g/mol. The Balaban J connectivity index is 2.30. The van der Waals surface area contributed by atoms with Crippen molar-refractivity contribution in [2.24, 2.45) is 0 Å². The number of hydrogen-bond acceptors (Lipinski definition) is 3. The number of amides is 1. The molecular formula is C11H11NO4. The molecule has 2 rings (SSSR count). The molecule has 1 aromatic carbocycles. The first-order chi connectivity index (χ1) is 7.68. The predicted octanol–water partition coefficient (Wildman–Crippen LogP) is 0.606. The lowest BCUT2D eigenvalue weighted by molar-refractivity contribution is -0.137. The summed E-state index contributed by atoms with van der Waals surface area (Å²) in [5, 5.41) is 8.69. The summed E-state index contributed by atoms with van der Waals surface area (Å²) in [6, 6.07) is 6.85. The van der Waals surface area contributed by atoms with Gasteiger partial charge >= 0.3 is 5.97 Å². The van der Waals surface area contributed by atoms with Crippen LogP contribution in [0.2, 0.25) is 0 Å². The maximum absolute atomic E-state index is 12.0. The van der Waals surface area contributed by atoms with Gasteiger partial charge in [-0.2, -0.15) is 0 Å². The Morgan fingerprint density at radius 1 is 1.44 bits per heavy atom. The van der Waals surface area contributed by atoms with Crippen molar-refractivity contribution in [2.75, 3.05) is 19.7 Å². The maximum atomic E-state index is 12.0. The quantitative estimate of drug-likeness (QED) is 0.794. The SMILES string of the molecule is O=C(O)CN1CCOc2ccccc2C1=O. The van der Waals surface area contributed by atoms with Gasteiger partial charge in [0, 0.05) is 0 Å². The van der Waals surface area contributed by atoms with E-state index < -0.39 is 5.97 Å². The lowest BCUT2D eigenvalue weighted by Crippen LogP contribution is -2.36. The van der Waals surface area contributed by atoms with Crippen LogP contribution in [0.5, 0.6) is 5.75 Å². The zero-order chi connectivity index (χ0) is 11.5. The number of para-hydroxylation sites is 1. The van der Waals surface area contributed by atoms with E-state index >= 15 is 0 Å². The molecule has 5 nitrogen and oxygen atoms in total. The minimum atomic E-state index is -1.02. The highest BCUT2D eigenvalue weighted by molar-refractivity contribution is 5.98. The third-order valence-electron chi connectivity index (χ3n) is 2.35. The minimum Gasteiger partial charge on any atom is -0.491 e. The number of aliphatic carboxylic acids is 1. The van der Waals surface area contributed by atoms with Crippen molar-refractivity contribution >= 4 is 11.9 Å². The van der Waals surface area contributed by atoms with Crippen LogP contribution in [-0.2, 0) is 4.79 Å². The number of nitrogens with zero attached hydrogens (tertiary/aromatic N) is 1. The number of rotatable bonds is 2. The zero-order valence-electron chi connectivity index (χ0n) is 8.55. The Bertz CT molecular complexity index is 430. The number of benzene rings is 1. The number of hydrogen-bond donors (Lipinski definition) is 1. The maximum Gasteiger partial charge on any atom is 0.323 e. The fourth-order valence-corrected chi connectivity index (χ4v) is 1.62. The van der Waals surface area contributed by atoms with E-state index in [0.717, 1.165) is 0 Å². The van der Waals surface area contributed by atoms with Crippen LogP contribution in [0.25, 0.3) is 0 Å². The number of carbonyl (C=O) groups excluding carboxylic acids is 1. The van der Waals surface area contributed by atoms with Crippen LogP contribution in [-0.4, -0.2) is 41.6 Å². The average molecular weight is 221 g/mol. The van der Waals surface area contributed by atoms with Gasteiger partial charge in [-0.15, -0.1) is 0 Å². The van der Waals surface area contributed by atoms with Crippen LogP contribution < -0.4 is 4.74 Å². The van der Waals surface area contributed by atoms with Gasteiger partial charge in [0.2, 0.25) is 0 Å². The summed E-state index contributed by atoms with van der Waals surface area (Å²) < 4.78 is 5.38. The third-order valence-corrected chi connectivity index (χ3v) is 2.35. The lowest BCUT2D eigenvalue weighted by Gasteiger charge is -2.16. The Labute approximate surface area is 92.2 Å². The van der Waals surface area contributed by atoms with Gasteiger partial charge in [0.1, 0.15) is 18.9 Å². The Morgan fingerprint density at radius 2 is 2.19 bits per heavy atom. The van der Waals surface area contributed by atoms with Crippen molar-refractivity contribution in [1.29, 1.82) is 0 Å². The second-order valence-electron chi connectivity index (χ2n) is 3.47. The van der Waals surface area contributed by atoms with Crippen LogP contribution in [0, 0.1) is 0 Å². The van der Waals surface area contributed by atoms with Gasteiger partial charge in [0.15, 0.2) is 0 Å². The fraction of sp³-hybridized carbons (Fsp3) is 0.273. The first-order valence-electron chi connectivity index (χ1n) is 4.91. The molecule has 1 N–H and O–H groups in total. The lowest BCUT2D eigenvalue weighted by atomic mass is 10.2. The van der Waals surface area contributed by atoms with Crippen LogP contribution in [0.3, 0.4) is 0 Å². The first kappa shape index (κ1) is 10.5. The van der Waals surface area contributed by atoms with Gasteiger partial charge in [-0.1, -0.05) is 12.1 Å². The highest BCUT2D eigenvalue weighted by Crippen LogP contribution is 2.22. The molecule has 1 aromatic rings. The van der Waals surface area contributed by atoms with E-state index in [1.54, 1.807) is 24.3 Å². The van der Waals surface area contributed by atoms with Gasteiger partial charge in [-0.25, -0.2) is 0 Å². The normalized spacial score (nSPS) is 15.0. The monoisotopic (exact) mass is 221 g/mol. The molecule has 0 radical (unpaired) electrons. The number of carboxylic acids is 1. The van der Waals surface area contributed by atoms with Gasteiger partial charge in [-0.3, -0.25) is 9.59 Å². The fourth-order valence-electron chi connectivity index (χ4n) is 1.62. The summed E-state index contributed by atoms with van der Waals surface area (Å²) in [5.74, 6) is -0.802. The van der Waals surface area contributed by atoms with Gasteiger partial charge in [-0.05, 0) is 12.1 Å². The summed E-state index contributed by atoms with van der Waals surface area (Å²) in [4.78, 5) is 23.8. The van der Waals surface area contributed by atoms with Gasteiger partial charge in [0.25, 0.3) is 5.91 Å². The first-order valence-corrected chi connectivity index (χ1v) is 4.91. The zero-order valence-corrected chi connectivity index (χ0v) is 8.55. The molecule has 1 amide bonds. The molecule has 1 aliphatic heterocycles. The van der Waals surface area contributed by atoms with Crippen molar-refractivity contribution in [3.63, 3.8) is 0 Å². The van der Waals surface area contributed by atoms with E-state index in [1.165, 1.54) is 4.90 Å². The molecule has 0 spiro atoms. The molecule has 0 fully saturated rings. The Morgan fingerprint density at radius 3 is 2.94 bits per heavy atom. The third kappa shape index (κ3) is 1.98. The number of carbonyl (C=O) groups is 2. The van der Waals surface area contributed by atoms with Crippen LogP contribution in [0.15, 0.2) is 24.3 Å². The van der Waals surface area contributed by atoms with E-state index in [2.05, 4.69) is 0 Å². The topological polar surface area (TPSA) is 66.8 Å². The molecule has 1 aliphatic rings. The highest BCUT2D eigenvalue weighted by atomic mass is 16.5. The molecule has 0 saturated carbocycles. The largest absolute Gasteiger partial charge is 0.491 e. The van der Waals surface area contributed by atoms with E-state index in [0.29, 0.717) is 24.5 Å². The standard InChI is InChI=1S/C11H11NO4/c13-10(14)7-12-5-6-16-9-4-2-1-3-8(9)11(12)15/h1-4H,5-7H2,(H,13,14). The molecule has 5 heteroatoms. The summed E-state index contributed by atoms with van der Waals surface area (Å²) in [6.45, 7) is 0.312. The molecule has 84 valence electrons. The van der Waals surface area contributed by atoms with Crippen molar-refractivity contribution in [2.45, 2.75) is 0 Å². The van der Waals surface area contributed by atoms with Gasteiger partial charge in [0.05, 0.1) is 12.1 Å². The molecule has 0 saturated heterocycles. The smallest absolute Gasteiger partial charge is 0.323 e. The van der Waals surface area contributed by atoms with Crippen LogP contribution >= 0.6 is 0 Å². The van der Waals surface area contributed by atoms with Crippen molar-refractivity contribution < 1.29 is 19.4 Å². The van der Waals surface area contributed by atoms with Gasteiger partial charge < -0.3 is 14.7 Å². The summed E-state index contributed by atoms with van der Waals surface area (Å²) >= 11 is 0. The predicted molar refractivity (Wildman–Crippen MR) is 55.5 cm³/mol. The molecule has 1 heterocycles. The van der Waals surface area contributed by atoms with Crippen molar-refractivity contribution in [3.8, 4) is 5.75 Å². The van der Waals surface area contributed by atoms with Crippen molar-refractivity contribution in [3.05, 3.63) is 29.8 Å². The summed E-state index contributed by atoms with van der Waals surface area (Å²) in [5.41, 5.74) is 0.418. The number of ether oxygens (including phenoxy) is 1. The average Bonchev–Trinajstić information content (AvgIpc) is 2.40. The summed E-state index contributed by atoms with van der Waals surface area (Å²) in [7, 11) is 0. The molecule has 0 unspecified atom stereocenters. The summed E-state index contributed by atoms with van der Waals surface area (Å²) in [6.07, 6.45) is 0. The van der Waals surface area contributed by atoms with Crippen molar-refractivity contribution in [1.82, 2.24) is 4.90 Å². The van der Waals surface area contributed by atoms with E-state index in [9.17, 15) is 9.59 Å². The Kier molecular flexibility index (Phi) is 2.76. The molecule has 0 atom stereocenters. The molecule has 0 bridgehead atoms.